The van der Waals surface area contributed by atoms with E-state index in [9.17, 15) is 33.1 Å². The van der Waals surface area contributed by atoms with E-state index < -0.39 is 47.7 Å². The number of likely N-dealkylation sites (tertiary alicyclic amines) is 1. The molecule has 0 radical (unpaired) electrons. The predicted molar refractivity (Wildman–Crippen MR) is 182 cm³/mol. The van der Waals surface area contributed by atoms with Crippen LogP contribution in [0.25, 0.3) is 33.0 Å². The fraction of sp³-hybridized carbons (Fsp3) is 0.364. The Balaban J connectivity index is 0.000000181. The second-order valence-electron chi connectivity index (χ2n) is 13.2. The molecule has 0 spiro atoms. The maximum absolute atomic E-state index is 14.3. The van der Waals surface area contributed by atoms with Crippen molar-refractivity contribution in [2.75, 3.05) is 18.4 Å². The number of fused-ring (bicyclic) bond motifs is 4. The Labute approximate surface area is 292 Å². The van der Waals surface area contributed by atoms with Gasteiger partial charge in [0.15, 0.2) is 0 Å². The second-order valence-corrected chi connectivity index (χ2v) is 14.1. The third-order valence-corrected chi connectivity index (χ3v) is 9.50. The average Bonchev–Trinajstić information content (AvgIpc) is 3.81. The lowest BCUT2D eigenvalue weighted by molar-refractivity contribution is -0.132. The molecule has 3 amide bonds. The lowest BCUT2D eigenvalue weighted by Gasteiger charge is -2.45. The number of carbonyl (C=O) groups is 3. The molecule has 264 valence electrons. The number of alkyl halides is 2. The van der Waals surface area contributed by atoms with E-state index in [-0.39, 0.29) is 47.2 Å². The Morgan fingerprint density at radius 3 is 2.28 bits per heavy atom. The Kier molecular flexibility index (Phi) is 9.03. The van der Waals surface area contributed by atoms with Crippen molar-refractivity contribution < 1.29 is 37.1 Å². The van der Waals surface area contributed by atoms with E-state index in [1.807, 2.05) is 0 Å². The summed E-state index contributed by atoms with van der Waals surface area (Å²) in [5.74, 6) is -1.59. The van der Waals surface area contributed by atoms with Gasteiger partial charge in [-0.2, -0.15) is 0 Å². The van der Waals surface area contributed by atoms with Crippen molar-refractivity contribution in [2.45, 2.75) is 57.5 Å². The zero-order valence-electron chi connectivity index (χ0n) is 26.9. The summed E-state index contributed by atoms with van der Waals surface area (Å²) in [6.45, 7) is 4.80. The number of nitrogens with one attached hydrogen (secondary N) is 3. The summed E-state index contributed by atoms with van der Waals surface area (Å²) in [7, 11) is 0. The first-order valence-electron chi connectivity index (χ1n) is 15.5. The van der Waals surface area contributed by atoms with Gasteiger partial charge in [-0.1, -0.05) is 44.0 Å². The summed E-state index contributed by atoms with van der Waals surface area (Å²) in [5.41, 5.74) is 3.73. The maximum Gasteiger partial charge on any atom is 0.408 e. The molecule has 13 nitrogen and oxygen atoms in total. The van der Waals surface area contributed by atoms with Crippen LogP contribution in [0.3, 0.4) is 0 Å². The SMILES string of the molecule is CC(C)(C)[C@]1(C(=O)Nc2c(C(N)=O)oc3ccc(Cl)cc23)C[C@H](F)CN1C(=O)O.O=c1[nH]c([C@@H]2C[C@H](F)CN2)nc2c1oc1ccc(Cl)cc12. The van der Waals surface area contributed by atoms with Crippen LogP contribution >= 0.6 is 23.2 Å². The van der Waals surface area contributed by atoms with Crippen molar-refractivity contribution in [1.29, 1.82) is 0 Å². The average molecular weight is 734 g/mol. The first kappa shape index (κ1) is 35.1. The van der Waals surface area contributed by atoms with Crippen LogP contribution in [-0.4, -0.2) is 68.9 Å². The topological polar surface area (TPSA) is 197 Å². The van der Waals surface area contributed by atoms with Crippen molar-refractivity contribution in [1.82, 2.24) is 20.2 Å². The third kappa shape index (κ3) is 6.13. The summed E-state index contributed by atoms with van der Waals surface area (Å²) in [6.07, 6.45) is -3.87. The van der Waals surface area contributed by atoms with Crippen LogP contribution in [0, 0.1) is 5.41 Å². The van der Waals surface area contributed by atoms with Crippen molar-refractivity contribution in [2.24, 2.45) is 11.1 Å². The number of hydrogen-bond donors (Lipinski definition) is 5. The molecule has 5 aromatic rings. The lowest BCUT2D eigenvalue weighted by atomic mass is 9.71. The molecule has 0 unspecified atom stereocenters. The molecule has 2 aromatic carbocycles. The van der Waals surface area contributed by atoms with Crippen molar-refractivity contribution >= 4 is 79.8 Å². The highest BCUT2D eigenvalue weighted by Crippen LogP contribution is 2.46. The highest BCUT2D eigenvalue weighted by molar-refractivity contribution is 6.32. The zero-order chi connectivity index (χ0) is 36.3. The number of nitrogens with zero attached hydrogens (tertiary/aromatic N) is 2. The Hall–Kier alpha value is -4.73. The fourth-order valence-electron chi connectivity index (χ4n) is 6.65. The van der Waals surface area contributed by atoms with Gasteiger partial charge in [0.1, 0.15) is 46.1 Å². The lowest BCUT2D eigenvalue weighted by Crippen LogP contribution is -2.62. The number of furan rings is 2. The standard InChI is InChI=1S/C19H21ClFN3O5.C14H11ClFN3O2/c1-18(2,3)19(7-10(21)8-24(19)17(27)28)16(26)23-13-11-6-9(20)4-5-12(11)29-14(13)15(22)25;15-6-1-2-10-8(3-6)11-12(21-10)14(20)19-13(18-11)9-4-7(16)5-17-9/h4-6,10H,7-8H2,1-3H3,(H2,22,25)(H,23,26)(H,27,28);1-3,7,9,17H,4-5H2,(H,18,19,20)/t10-,19+;7-,9-/m00/s1. The number of halogens is 4. The number of rotatable bonds is 4. The highest BCUT2D eigenvalue weighted by atomic mass is 35.5. The van der Waals surface area contributed by atoms with E-state index in [4.69, 9.17) is 37.8 Å². The van der Waals surface area contributed by atoms with E-state index in [2.05, 4.69) is 20.6 Å². The largest absolute Gasteiger partial charge is 0.465 e. The predicted octanol–water partition coefficient (Wildman–Crippen LogP) is 6.33. The molecule has 0 aliphatic carbocycles. The summed E-state index contributed by atoms with van der Waals surface area (Å²) in [5, 5.41) is 17.1. The van der Waals surface area contributed by atoms with Crippen LogP contribution in [0.4, 0.5) is 19.3 Å². The van der Waals surface area contributed by atoms with E-state index >= 15 is 0 Å². The molecular weight excluding hydrogens is 701 g/mol. The molecule has 17 heteroatoms. The van der Waals surface area contributed by atoms with Crippen molar-refractivity contribution in [3.63, 3.8) is 0 Å². The van der Waals surface area contributed by atoms with Crippen LogP contribution < -0.4 is 21.9 Å². The summed E-state index contributed by atoms with van der Waals surface area (Å²) < 4.78 is 38.6. The molecule has 3 aromatic heterocycles. The van der Waals surface area contributed by atoms with E-state index in [0.29, 0.717) is 44.2 Å². The molecule has 4 atom stereocenters. The molecule has 2 aliphatic heterocycles. The Morgan fingerprint density at radius 2 is 1.70 bits per heavy atom. The molecule has 5 heterocycles. The van der Waals surface area contributed by atoms with Gasteiger partial charge in [-0.15, -0.1) is 0 Å². The summed E-state index contributed by atoms with van der Waals surface area (Å²) in [6, 6.07) is 9.33. The van der Waals surface area contributed by atoms with Crippen molar-refractivity contribution in [3.05, 3.63) is 68.4 Å². The molecule has 6 N–H and O–H groups in total. The molecule has 2 fully saturated rings. The van der Waals surface area contributed by atoms with Gasteiger partial charge in [0, 0.05) is 40.2 Å². The molecule has 2 aliphatic rings. The fourth-order valence-corrected chi connectivity index (χ4v) is 7.00. The maximum atomic E-state index is 14.3. The van der Waals surface area contributed by atoms with Gasteiger partial charge in [0.25, 0.3) is 17.4 Å². The van der Waals surface area contributed by atoms with Gasteiger partial charge in [-0.05, 0) is 41.8 Å². The third-order valence-electron chi connectivity index (χ3n) is 9.03. The number of aromatic nitrogens is 2. The van der Waals surface area contributed by atoms with Crippen molar-refractivity contribution in [3.8, 4) is 0 Å². The molecule has 7 rings (SSSR count). The molecule has 0 bridgehead atoms. The first-order chi connectivity index (χ1) is 23.5. The number of anilines is 1. The monoisotopic (exact) mass is 732 g/mol. The number of aromatic amines is 1. The highest BCUT2D eigenvalue weighted by Gasteiger charge is 2.60. The molecular formula is C33H32Cl2F2N6O7. The first-order valence-corrected chi connectivity index (χ1v) is 16.2. The smallest absolute Gasteiger partial charge is 0.408 e. The number of hydrogen-bond acceptors (Lipinski definition) is 8. The Bertz CT molecular complexity index is 2230. The molecule has 0 saturated carbocycles. The van der Waals surface area contributed by atoms with Gasteiger partial charge in [-0.25, -0.2) is 18.6 Å². The number of amides is 3. The van der Waals surface area contributed by atoms with Gasteiger partial charge in [0.2, 0.25) is 11.3 Å². The number of primary amides is 1. The minimum absolute atomic E-state index is 0.0312. The molecule has 2 saturated heterocycles. The molecule has 50 heavy (non-hydrogen) atoms. The summed E-state index contributed by atoms with van der Waals surface area (Å²) >= 11 is 12.0. The quantitative estimate of drug-likeness (QED) is 0.140. The summed E-state index contributed by atoms with van der Waals surface area (Å²) in [4.78, 5) is 57.2. The Morgan fingerprint density at radius 1 is 1.06 bits per heavy atom. The number of carbonyl (C=O) groups excluding carboxylic acids is 2. The van der Waals surface area contributed by atoms with E-state index in [1.54, 1.807) is 39.0 Å². The minimum atomic E-state index is -1.71. The normalized spacial score (nSPS) is 22.2. The van der Waals surface area contributed by atoms with Gasteiger partial charge in [0.05, 0.1) is 12.6 Å². The number of benzene rings is 2. The zero-order valence-corrected chi connectivity index (χ0v) is 28.4. The second kappa shape index (κ2) is 12.9. The minimum Gasteiger partial charge on any atom is -0.465 e. The van der Waals surface area contributed by atoms with E-state index in [0.717, 1.165) is 4.90 Å². The van der Waals surface area contributed by atoms with Crippen LogP contribution in [0.1, 0.15) is 56.0 Å². The van der Waals surface area contributed by atoms with E-state index in [1.165, 1.54) is 18.2 Å². The van der Waals surface area contributed by atoms with Crippen LogP contribution in [0.2, 0.25) is 10.0 Å². The van der Waals surface area contributed by atoms with Gasteiger partial charge < -0.3 is 35.3 Å². The van der Waals surface area contributed by atoms with Crippen LogP contribution in [-0.2, 0) is 4.79 Å². The van der Waals surface area contributed by atoms with Gasteiger partial charge in [-0.3, -0.25) is 19.3 Å². The number of carboxylic acid groups (broad SMARTS) is 1. The van der Waals surface area contributed by atoms with Crippen LogP contribution in [0.5, 0.6) is 0 Å². The van der Waals surface area contributed by atoms with Gasteiger partial charge >= 0.3 is 6.09 Å². The van der Waals surface area contributed by atoms with Crippen LogP contribution in [0.15, 0.2) is 50.0 Å². The number of H-pyrrole nitrogens is 1. The number of nitrogens with two attached hydrogens (primary N) is 1.